The van der Waals surface area contributed by atoms with Gasteiger partial charge < -0.3 is 5.32 Å². The van der Waals surface area contributed by atoms with Gasteiger partial charge in [0.1, 0.15) is 0 Å². The molecule has 0 aromatic heterocycles. The highest BCUT2D eigenvalue weighted by molar-refractivity contribution is 5.96. The zero-order valence-corrected chi connectivity index (χ0v) is 11.2. The predicted octanol–water partition coefficient (Wildman–Crippen LogP) is 1.55. The molecule has 2 amide bonds. The Morgan fingerprint density at radius 3 is 2.12 bits per heavy atom. The minimum Gasteiger partial charge on any atom is -0.314 e. The van der Waals surface area contributed by atoms with Crippen molar-refractivity contribution in [3.8, 4) is 0 Å². The molecule has 1 atom stereocenters. The van der Waals surface area contributed by atoms with E-state index in [-0.39, 0.29) is 11.8 Å². The summed E-state index contributed by atoms with van der Waals surface area (Å²) in [5.41, 5.74) is 0. The molecule has 0 aliphatic carbocycles. The number of carbonyl (C=O) groups excluding carboxylic acids is 2. The minimum absolute atomic E-state index is 0.00361. The van der Waals surface area contributed by atoms with Gasteiger partial charge in [-0.05, 0) is 25.3 Å². The summed E-state index contributed by atoms with van der Waals surface area (Å²) in [5, 5.41) is 3.33. The molecule has 4 nitrogen and oxygen atoms in total. The van der Waals surface area contributed by atoms with Gasteiger partial charge in [0.25, 0.3) is 0 Å². The number of imide groups is 1. The third-order valence-corrected chi connectivity index (χ3v) is 3.00. The Hall–Kier alpha value is -0.900. The molecule has 1 unspecified atom stereocenters. The summed E-state index contributed by atoms with van der Waals surface area (Å²) in [6.07, 6.45) is 2.74. The van der Waals surface area contributed by atoms with Crippen LogP contribution in [-0.2, 0) is 9.59 Å². The molecular weight excluding hydrogens is 216 g/mol. The number of nitrogens with zero attached hydrogens (tertiary/aromatic N) is 1. The van der Waals surface area contributed by atoms with Crippen molar-refractivity contribution < 1.29 is 9.59 Å². The maximum atomic E-state index is 11.8. The highest BCUT2D eigenvalue weighted by atomic mass is 16.2. The van der Waals surface area contributed by atoms with E-state index in [9.17, 15) is 9.59 Å². The van der Waals surface area contributed by atoms with Crippen molar-refractivity contribution in [1.29, 1.82) is 0 Å². The first-order chi connectivity index (χ1) is 8.00. The van der Waals surface area contributed by atoms with Crippen LogP contribution < -0.4 is 5.32 Å². The molecule has 1 fully saturated rings. The van der Waals surface area contributed by atoms with E-state index >= 15 is 0 Å². The monoisotopic (exact) mass is 240 g/mol. The van der Waals surface area contributed by atoms with Crippen LogP contribution >= 0.6 is 0 Å². The maximum absolute atomic E-state index is 11.8. The van der Waals surface area contributed by atoms with Crippen molar-refractivity contribution in [2.45, 2.75) is 52.5 Å². The number of likely N-dealkylation sites (tertiary alicyclic amines) is 1. The molecular formula is C13H24N2O2. The van der Waals surface area contributed by atoms with Crippen LogP contribution in [-0.4, -0.2) is 35.8 Å². The molecule has 0 saturated carbocycles. The van der Waals surface area contributed by atoms with Crippen LogP contribution in [0.1, 0.15) is 46.5 Å². The number of rotatable bonds is 5. The number of hydrogen-bond donors (Lipinski definition) is 1. The molecule has 98 valence electrons. The van der Waals surface area contributed by atoms with Crippen LogP contribution in [0.2, 0.25) is 0 Å². The Morgan fingerprint density at radius 2 is 1.65 bits per heavy atom. The average Bonchev–Trinajstić information content (AvgIpc) is 2.41. The fraction of sp³-hybridized carbons (Fsp3) is 0.846. The summed E-state index contributed by atoms with van der Waals surface area (Å²) in [4.78, 5) is 25.0. The smallest absolute Gasteiger partial charge is 0.229 e. The van der Waals surface area contributed by atoms with Crippen molar-refractivity contribution in [2.75, 3.05) is 13.1 Å². The molecule has 1 heterocycles. The third kappa shape index (κ3) is 4.86. The second-order valence-corrected chi connectivity index (χ2v) is 5.27. The molecule has 1 aliphatic rings. The summed E-state index contributed by atoms with van der Waals surface area (Å²) in [6.45, 7) is 7.65. The molecule has 4 heteroatoms. The standard InChI is InChI=1S/C13H24N2O2/c1-10(2)14-8-11(3)9-15-12(16)6-4-5-7-13(15)17/h10-11,14H,4-9H2,1-3H3. The summed E-state index contributed by atoms with van der Waals surface area (Å²) in [5.74, 6) is 0.316. The molecule has 0 radical (unpaired) electrons. The van der Waals surface area contributed by atoms with Gasteiger partial charge in [0, 0.05) is 25.4 Å². The molecule has 1 aliphatic heterocycles. The molecule has 17 heavy (non-hydrogen) atoms. The lowest BCUT2D eigenvalue weighted by atomic mass is 10.1. The highest BCUT2D eigenvalue weighted by Crippen LogP contribution is 2.14. The third-order valence-electron chi connectivity index (χ3n) is 3.00. The molecule has 0 bridgehead atoms. The van der Waals surface area contributed by atoms with E-state index in [1.807, 2.05) is 0 Å². The van der Waals surface area contributed by atoms with Gasteiger partial charge in [-0.3, -0.25) is 14.5 Å². The van der Waals surface area contributed by atoms with E-state index in [1.165, 1.54) is 4.90 Å². The van der Waals surface area contributed by atoms with Gasteiger partial charge in [0.15, 0.2) is 0 Å². The second kappa shape index (κ2) is 6.74. The van der Waals surface area contributed by atoms with Crippen molar-refractivity contribution in [1.82, 2.24) is 10.2 Å². The van der Waals surface area contributed by atoms with Gasteiger partial charge in [-0.25, -0.2) is 0 Å². The fourth-order valence-corrected chi connectivity index (χ4v) is 1.98. The Bertz CT molecular complexity index is 259. The first-order valence-electron chi connectivity index (χ1n) is 6.57. The number of amides is 2. The van der Waals surface area contributed by atoms with Gasteiger partial charge in [0.05, 0.1) is 0 Å². The Morgan fingerprint density at radius 1 is 1.12 bits per heavy atom. The van der Waals surface area contributed by atoms with E-state index in [1.54, 1.807) is 0 Å². The van der Waals surface area contributed by atoms with Crippen molar-refractivity contribution in [3.05, 3.63) is 0 Å². The van der Waals surface area contributed by atoms with Gasteiger partial charge in [0.2, 0.25) is 11.8 Å². The van der Waals surface area contributed by atoms with E-state index in [4.69, 9.17) is 0 Å². The lowest BCUT2D eigenvalue weighted by molar-refractivity contribution is -0.144. The van der Waals surface area contributed by atoms with Crippen LogP contribution in [0.5, 0.6) is 0 Å². The van der Waals surface area contributed by atoms with Crippen molar-refractivity contribution >= 4 is 11.8 Å². The zero-order valence-electron chi connectivity index (χ0n) is 11.2. The van der Waals surface area contributed by atoms with E-state index in [0.717, 1.165) is 19.4 Å². The van der Waals surface area contributed by atoms with Crippen LogP contribution in [0, 0.1) is 5.92 Å². The van der Waals surface area contributed by atoms with Gasteiger partial charge in [-0.1, -0.05) is 20.8 Å². The largest absolute Gasteiger partial charge is 0.314 e. The summed E-state index contributed by atoms with van der Waals surface area (Å²) < 4.78 is 0. The summed E-state index contributed by atoms with van der Waals surface area (Å²) >= 11 is 0. The van der Waals surface area contributed by atoms with Crippen LogP contribution in [0.25, 0.3) is 0 Å². The average molecular weight is 240 g/mol. The van der Waals surface area contributed by atoms with E-state index in [0.29, 0.717) is 31.3 Å². The van der Waals surface area contributed by atoms with Gasteiger partial charge in [-0.2, -0.15) is 0 Å². The van der Waals surface area contributed by atoms with Crippen LogP contribution in [0.15, 0.2) is 0 Å². The molecule has 0 spiro atoms. The topological polar surface area (TPSA) is 49.4 Å². The predicted molar refractivity (Wildman–Crippen MR) is 67.5 cm³/mol. The Labute approximate surface area is 104 Å². The van der Waals surface area contributed by atoms with E-state index in [2.05, 4.69) is 26.1 Å². The molecule has 0 aromatic carbocycles. The van der Waals surface area contributed by atoms with Crippen molar-refractivity contribution in [3.63, 3.8) is 0 Å². The maximum Gasteiger partial charge on any atom is 0.229 e. The lowest BCUT2D eigenvalue weighted by Gasteiger charge is -2.23. The Kier molecular flexibility index (Phi) is 5.62. The quantitative estimate of drug-likeness (QED) is 0.742. The lowest BCUT2D eigenvalue weighted by Crippen LogP contribution is -2.41. The molecule has 1 saturated heterocycles. The fourth-order valence-electron chi connectivity index (χ4n) is 1.98. The zero-order chi connectivity index (χ0) is 12.8. The minimum atomic E-state index is 0.00361. The molecule has 1 N–H and O–H groups in total. The van der Waals surface area contributed by atoms with Crippen LogP contribution in [0.4, 0.5) is 0 Å². The summed E-state index contributed by atoms with van der Waals surface area (Å²) in [7, 11) is 0. The van der Waals surface area contributed by atoms with Gasteiger partial charge in [-0.15, -0.1) is 0 Å². The van der Waals surface area contributed by atoms with Gasteiger partial charge >= 0.3 is 0 Å². The Balaban J connectivity index is 2.46. The first kappa shape index (κ1) is 14.2. The molecule has 1 rings (SSSR count). The second-order valence-electron chi connectivity index (χ2n) is 5.27. The first-order valence-corrected chi connectivity index (χ1v) is 6.57. The van der Waals surface area contributed by atoms with Crippen LogP contribution in [0.3, 0.4) is 0 Å². The molecule has 0 aromatic rings. The number of hydrogen-bond acceptors (Lipinski definition) is 3. The normalized spacial score (nSPS) is 19.6. The number of carbonyl (C=O) groups is 2. The number of nitrogens with one attached hydrogen (secondary N) is 1. The SMILES string of the molecule is CC(CNC(C)C)CN1C(=O)CCCCC1=O. The summed E-state index contributed by atoms with van der Waals surface area (Å²) in [6, 6.07) is 0.438. The van der Waals surface area contributed by atoms with Crippen molar-refractivity contribution in [2.24, 2.45) is 5.92 Å². The van der Waals surface area contributed by atoms with E-state index < -0.39 is 0 Å². The highest BCUT2D eigenvalue weighted by Gasteiger charge is 2.25.